The number of hydrogen-bond donors (Lipinski definition) is 1. The smallest absolute Gasteiger partial charge is 0.360 e. The summed E-state index contributed by atoms with van der Waals surface area (Å²) in [7, 11) is 2.87. The Bertz CT molecular complexity index is 1090. The fourth-order valence-corrected chi connectivity index (χ4v) is 3.57. The van der Waals surface area contributed by atoms with Crippen molar-refractivity contribution in [2.24, 2.45) is 7.05 Å². The molecule has 30 heavy (non-hydrogen) atoms. The largest absolute Gasteiger partial charge is 0.486 e. The number of aromatic nitrogens is 2. The number of nitrogens with zero attached hydrogens (tertiary/aromatic N) is 2. The van der Waals surface area contributed by atoms with Gasteiger partial charge < -0.3 is 14.8 Å². The molecule has 1 amide bonds. The third kappa shape index (κ3) is 5.05. The van der Waals surface area contributed by atoms with Crippen LogP contribution >= 0.6 is 34.8 Å². The van der Waals surface area contributed by atoms with E-state index >= 15 is 0 Å². The van der Waals surface area contributed by atoms with Crippen molar-refractivity contribution in [3.63, 3.8) is 0 Å². The fraction of sp³-hybridized carbons (Fsp3) is 0.150. The van der Waals surface area contributed by atoms with Crippen LogP contribution in [0.5, 0.6) is 5.75 Å². The van der Waals surface area contributed by atoms with Crippen LogP contribution in [0.3, 0.4) is 0 Å². The Labute approximate surface area is 187 Å². The van der Waals surface area contributed by atoms with Gasteiger partial charge in [-0.3, -0.25) is 9.48 Å². The van der Waals surface area contributed by atoms with Crippen molar-refractivity contribution in [3.8, 4) is 5.75 Å². The zero-order chi connectivity index (χ0) is 21.8. The van der Waals surface area contributed by atoms with Gasteiger partial charge in [-0.15, -0.1) is 0 Å². The number of carbonyl (C=O) groups is 2. The molecule has 3 aromatic rings. The van der Waals surface area contributed by atoms with Gasteiger partial charge in [-0.05, 0) is 29.8 Å². The Morgan fingerprint density at radius 1 is 1.13 bits per heavy atom. The number of aryl methyl sites for hydroxylation is 1. The van der Waals surface area contributed by atoms with Crippen LogP contribution in [-0.4, -0.2) is 28.8 Å². The summed E-state index contributed by atoms with van der Waals surface area (Å²) in [5.74, 6) is -0.766. The lowest BCUT2D eigenvalue weighted by Gasteiger charge is -2.11. The molecule has 0 aliphatic carbocycles. The average molecular weight is 469 g/mol. The summed E-state index contributed by atoms with van der Waals surface area (Å²) in [4.78, 5) is 24.5. The second-order valence-electron chi connectivity index (χ2n) is 6.20. The number of carbonyl (C=O) groups excluding carboxylic acids is 2. The van der Waals surface area contributed by atoms with Gasteiger partial charge in [-0.1, -0.05) is 46.9 Å². The molecule has 0 saturated carbocycles. The van der Waals surface area contributed by atoms with E-state index in [-0.39, 0.29) is 28.0 Å². The van der Waals surface area contributed by atoms with Crippen LogP contribution in [0.25, 0.3) is 0 Å². The maximum atomic E-state index is 12.7. The molecule has 1 aromatic heterocycles. The minimum Gasteiger partial charge on any atom is -0.486 e. The number of nitrogens with one attached hydrogen (secondary N) is 1. The van der Waals surface area contributed by atoms with E-state index in [9.17, 15) is 9.59 Å². The van der Waals surface area contributed by atoms with E-state index < -0.39 is 11.9 Å². The highest BCUT2D eigenvalue weighted by atomic mass is 35.5. The van der Waals surface area contributed by atoms with Gasteiger partial charge in [0.25, 0.3) is 5.91 Å². The summed E-state index contributed by atoms with van der Waals surface area (Å²) in [5, 5.41) is 7.64. The number of anilines is 1. The highest BCUT2D eigenvalue weighted by Gasteiger charge is 2.19. The second-order valence-corrected chi connectivity index (χ2v) is 7.45. The zero-order valence-electron chi connectivity index (χ0n) is 15.9. The summed E-state index contributed by atoms with van der Waals surface area (Å²) in [6.07, 6.45) is 1.52. The minimum atomic E-state index is -0.648. The molecule has 7 nitrogen and oxygen atoms in total. The Morgan fingerprint density at radius 2 is 1.83 bits per heavy atom. The second kappa shape index (κ2) is 9.38. The topological polar surface area (TPSA) is 82.5 Å². The summed E-state index contributed by atoms with van der Waals surface area (Å²) < 4.78 is 11.8. The Balaban J connectivity index is 1.74. The lowest BCUT2D eigenvalue weighted by molar-refractivity contribution is 0.0594. The van der Waals surface area contributed by atoms with Crippen LogP contribution in [0.15, 0.2) is 42.6 Å². The van der Waals surface area contributed by atoms with E-state index in [0.29, 0.717) is 21.9 Å². The first-order chi connectivity index (χ1) is 14.3. The van der Waals surface area contributed by atoms with Crippen LogP contribution in [0.2, 0.25) is 15.1 Å². The van der Waals surface area contributed by atoms with Gasteiger partial charge in [0.15, 0.2) is 11.4 Å². The van der Waals surface area contributed by atoms with Crippen LogP contribution in [0.1, 0.15) is 26.4 Å². The SMILES string of the molecule is COC(=O)c1nn(C)cc1NC(=O)c1cccc(COc2c(Cl)cc(Cl)cc2Cl)c1. The molecule has 0 spiro atoms. The highest BCUT2D eigenvalue weighted by molar-refractivity contribution is 6.40. The molecule has 0 fully saturated rings. The van der Waals surface area contributed by atoms with E-state index in [0.717, 1.165) is 0 Å². The van der Waals surface area contributed by atoms with E-state index in [1.807, 2.05) is 0 Å². The molecule has 10 heteroatoms. The summed E-state index contributed by atoms with van der Waals surface area (Å²) in [6.45, 7) is 0.127. The molecule has 156 valence electrons. The third-order valence-corrected chi connectivity index (χ3v) is 4.77. The van der Waals surface area contributed by atoms with E-state index in [1.165, 1.54) is 30.1 Å². The fourth-order valence-electron chi connectivity index (χ4n) is 2.65. The zero-order valence-corrected chi connectivity index (χ0v) is 18.2. The monoisotopic (exact) mass is 467 g/mol. The number of amides is 1. The quantitative estimate of drug-likeness (QED) is 0.515. The van der Waals surface area contributed by atoms with Crippen LogP contribution < -0.4 is 10.1 Å². The van der Waals surface area contributed by atoms with Gasteiger partial charge in [0.2, 0.25) is 0 Å². The first kappa shape index (κ1) is 22.0. The minimum absolute atomic E-state index is 0.0138. The highest BCUT2D eigenvalue weighted by Crippen LogP contribution is 2.36. The molecule has 1 N–H and O–H groups in total. The number of methoxy groups -OCH3 is 1. The number of halogens is 3. The van der Waals surface area contributed by atoms with Gasteiger partial charge in [0, 0.05) is 23.8 Å². The van der Waals surface area contributed by atoms with E-state index in [4.69, 9.17) is 39.5 Å². The maximum Gasteiger partial charge on any atom is 0.360 e. The lowest BCUT2D eigenvalue weighted by atomic mass is 10.1. The van der Waals surface area contributed by atoms with E-state index in [1.54, 1.807) is 31.3 Å². The Hall–Kier alpha value is -2.74. The molecule has 2 aromatic carbocycles. The average Bonchev–Trinajstić information content (AvgIpc) is 3.06. The number of esters is 1. The molecule has 0 unspecified atom stereocenters. The normalized spacial score (nSPS) is 10.6. The molecule has 0 aliphatic heterocycles. The number of ether oxygens (including phenoxy) is 2. The van der Waals surface area contributed by atoms with Crippen LogP contribution in [0.4, 0.5) is 5.69 Å². The summed E-state index contributed by atoms with van der Waals surface area (Å²) in [6, 6.07) is 9.85. The Morgan fingerprint density at radius 3 is 2.50 bits per heavy atom. The van der Waals surface area contributed by atoms with Gasteiger partial charge in [0.1, 0.15) is 6.61 Å². The van der Waals surface area contributed by atoms with Crippen LogP contribution in [-0.2, 0) is 18.4 Å². The molecular formula is C20H16Cl3N3O4. The lowest BCUT2D eigenvalue weighted by Crippen LogP contribution is -2.15. The van der Waals surface area contributed by atoms with Crippen LogP contribution in [0, 0.1) is 0 Å². The molecule has 0 aliphatic rings. The number of benzene rings is 2. The predicted molar refractivity (Wildman–Crippen MR) is 115 cm³/mol. The van der Waals surface area contributed by atoms with Crippen molar-refractivity contribution in [3.05, 3.63) is 74.5 Å². The first-order valence-electron chi connectivity index (χ1n) is 8.58. The molecule has 0 bridgehead atoms. The summed E-state index contributed by atoms with van der Waals surface area (Å²) >= 11 is 18.1. The standard InChI is InChI=1S/C20H16Cl3N3O4/c1-26-9-16(17(25-26)20(28)29-2)24-19(27)12-5-3-4-11(6-12)10-30-18-14(22)7-13(21)8-15(18)23/h3-9H,10H2,1-2H3,(H,24,27). The van der Waals surface area contributed by atoms with Gasteiger partial charge in [0.05, 0.1) is 22.8 Å². The number of rotatable bonds is 6. The first-order valence-corrected chi connectivity index (χ1v) is 9.71. The van der Waals surface area contributed by atoms with Crippen molar-refractivity contribution in [2.75, 3.05) is 12.4 Å². The number of hydrogen-bond acceptors (Lipinski definition) is 5. The van der Waals surface area contributed by atoms with Gasteiger partial charge in [-0.25, -0.2) is 4.79 Å². The molecule has 3 rings (SSSR count). The van der Waals surface area contributed by atoms with Crippen molar-refractivity contribution < 1.29 is 19.1 Å². The predicted octanol–water partition coefficient (Wildman–Crippen LogP) is 5.00. The maximum absolute atomic E-state index is 12.7. The Kier molecular flexibility index (Phi) is 6.87. The van der Waals surface area contributed by atoms with Crippen molar-refractivity contribution in [1.82, 2.24) is 9.78 Å². The molecule has 0 radical (unpaired) electrons. The third-order valence-electron chi connectivity index (χ3n) is 3.99. The molecule has 1 heterocycles. The van der Waals surface area contributed by atoms with Crippen molar-refractivity contribution >= 4 is 52.4 Å². The summed E-state index contributed by atoms with van der Waals surface area (Å²) in [5.41, 5.74) is 1.34. The van der Waals surface area contributed by atoms with Crippen molar-refractivity contribution in [1.29, 1.82) is 0 Å². The molecular weight excluding hydrogens is 453 g/mol. The van der Waals surface area contributed by atoms with Crippen molar-refractivity contribution in [2.45, 2.75) is 6.61 Å². The van der Waals surface area contributed by atoms with Gasteiger partial charge >= 0.3 is 5.97 Å². The molecule has 0 saturated heterocycles. The van der Waals surface area contributed by atoms with E-state index in [2.05, 4.69) is 15.2 Å². The molecule has 0 atom stereocenters. The van der Waals surface area contributed by atoms with Gasteiger partial charge in [-0.2, -0.15) is 5.10 Å².